The standard InChI is InChI=1S/C18H19ClN4O2/c19-14-3-6-16(21-11-14)22-17(24)12-7-9-23(10-8-12)18(25)13-1-4-15(20)5-2-13/h1-6,11-12H,7-10,20H2,(H,21,22,24). The zero-order chi connectivity index (χ0) is 17.8. The van der Waals surface area contributed by atoms with Gasteiger partial charge in [0.2, 0.25) is 5.91 Å². The van der Waals surface area contributed by atoms with Gasteiger partial charge in [0, 0.05) is 36.5 Å². The van der Waals surface area contributed by atoms with Gasteiger partial charge in [0.05, 0.1) is 5.02 Å². The summed E-state index contributed by atoms with van der Waals surface area (Å²) >= 11 is 5.78. The number of benzene rings is 1. The number of nitrogens with two attached hydrogens (primary N) is 1. The number of carbonyl (C=O) groups is 2. The number of pyridine rings is 1. The fourth-order valence-electron chi connectivity index (χ4n) is 2.83. The molecule has 2 heterocycles. The highest BCUT2D eigenvalue weighted by Gasteiger charge is 2.28. The van der Waals surface area contributed by atoms with Gasteiger partial charge < -0.3 is 16.0 Å². The first-order chi connectivity index (χ1) is 12.0. The monoisotopic (exact) mass is 358 g/mol. The Morgan fingerprint density at radius 2 is 1.80 bits per heavy atom. The highest BCUT2D eigenvalue weighted by Crippen LogP contribution is 2.21. The first-order valence-corrected chi connectivity index (χ1v) is 8.48. The van der Waals surface area contributed by atoms with Crippen molar-refractivity contribution in [2.75, 3.05) is 24.1 Å². The van der Waals surface area contributed by atoms with Crippen LogP contribution in [-0.4, -0.2) is 34.8 Å². The minimum atomic E-state index is -0.132. The molecular formula is C18H19ClN4O2. The van der Waals surface area contributed by atoms with Crippen LogP contribution in [0.2, 0.25) is 5.02 Å². The van der Waals surface area contributed by atoms with Crippen LogP contribution < -0.4 is 11.1 Å². The first-order valence-electron chi connectivity index (χ1n) is 8.10. The molecule has 0 radical (unpaired) electrons. The van der Waals surface area contributed by atoms with Gasteiger partial charge in [0.25, 0.3) is 5.91 Å². The number of amides is 2. The highest BCUT2D eigenvalue weighted by molar-refractivity contribution is 6.30. The number of likely N-dealkylation sites (tertiary alicyclic amines) is 1. The SMILES string of the molecule is Nc1ccc(C(=O)N2CCC(C(=O)Nc3ccc(Cl)cn3)CC2)cc1. The molecule has 1 saturated heterocycles. The Hall–Kier alpha value is -2.60. The fraction of sp³-hybridized carbons (Fsp3) is 0.278. The molecule has 2 aromatic rings. The van der Waals surface area contributed by atoms with Crippen LogP contribution in [0, 0.1) is 5.92 Å². The molecule has 0 atom stereocenters. The number of halogens is 1. The third-order valence-electron chi connectivity index (χ3n) is 4.29. The van der Waals surface area contributed by atoms with Gasteiger partial charge in [-0.15, -0.1) is 0 Å². The minimum absolute atomic E-state index is 0.0294. The molecule has 25 heavy (non-hydrogen) atoms. The summed E-state index contributed by atoms with van der Waals surface area (Å²) in [4.78, 5) is 30.6. The summed E-state index contributed by atoms with van der Waals surface area (Å²) in [7, 11) is 0. The number of hydrogen-bond donors (Lipinski definition) is 2. The molecule has 7 heteroatoms. The first kappa shape index (κ1) is 17.2. The van der Waals surface area contributed by atoms with Crippen LogP contribution >= 0.6 is 11.6 Å². The summed E-state index contributed by atoms with van der Waals surface area (Å²) in [5.41, 5.74) is 6.89. The minimum Gasteiger partial charge on any atom is -0.399 e. The Kier molecular flexibility index (Phi) is 5.19. The van der Waals surface area contributed by atoms with Gasteiger partial charge in [-0.25, -0.2) is 4.98 Å². The average molecular weight is 359 g/mol. The summed E-state index contributed by atoms with van der Waals surface area (Å²) in [5.74, 6) is 0.246. The lowest BCUT2D eigenvalue weighted by molar-refractivity contribution is -0.121. The number of carbonyl (C=O) groups excluding carboxylic acids is 2. The molecule has 0 spiro atoms. The van der Waals surface area contributed by atoms with E-state index in [9.17, 15) is 9.59 Å². The van der Waals surface area contributed by atoms with Crippen LogP contribution in [0.3, 0.4) is 0 Å². The largest absolute Gasteiger partial charge is 0.399 e. The van der Waals surface area contributed by atoms with Crippen molar-refractivity contribution in [3.8, 4) is 0 Å². The third kappa shape index (κ3) is 4.28. The zero-order valence-electron chi connectivity index (χ0n) is 13.6. The second-order valence-corrected chi connectivity index (χ2v) is 6.48. The lowest BCUT2D eigenvalue weighted by Gasteiger charge is -2.31. The highest BCUT2D eigenvalue weighted by atomic mass is 35.5. The summed E-state index contributed by atoms with van der Waals surface area (Å²) < 4.78 is 0. The van der Waals surface area contributed by atoms with E-state index in [1.807, 2.05) is 0 Å². The number of nitrogen functional groups attached to an aromatic ring is 1. The molecular weight excluding hydrogens is 340 g/mol. The Morgan fingerprint density at radius 1 is 1.12 bits per heavy atom. The molecule has 1 aliphatic rings. The van der Waals surface area contributed by atoms with Crippen molar-refractivity contribution in [1.82, 2.24) is 9.88 Å². The molecule has 0 saturated carbocycles. The molecule has 1 aromatic carbocycles. The van der Waals surface area contributed by atoms with Gasteiger partial charge in [0.1, 0.15) is 5.82 Å². The van der Waals surface area contributed by atoms with Crippen molar-refractivity contribution in [1.29, 1.82) is 0 Å². The van der Waals surface area contributed by atoms with Gasteiger partial charge >= 0.3 is 0 Å². The van der Waals surface area contributed by atoms with Crippen molar-refractivity contribution in [3.63, 3.8) is 0 Å². The molecule has 3 rings (SSSR count). The number of aromatic nitrogens is 1. The molecule has 0 bridgehead atoms. The molecule has 0 aliphatic carbocycles. The van der Waals surface area contributed by atoms with Gasteiger partial charge in [-0.3, -0.25) is 9.59 Å². The molecule has 1 aliphatic heterocycles. The smallest absolute Gasteiger partial charge is 0.253 e. The van der Waals surface area contributed by atoms with Crippen LogP contribution in [0.4, 0.5) is 11.5 Å². The molecule has 0 unspecified atom stereocenters. The van der Waals surface area contributed by atoms with Crippen LogP contribution in [0.25, 0.3) is 0 Å². The number of rotatable bonds is 3. The van der Waals surface area contributed by atoms with Gasteiger partial charge in [-0.1, -0.05) is 11.6 Å². The summed E-state index contributed by atoms with van der Waals surface area (Å²) in [5, 5.41) is 3.32. The van der Waals surface area contributed by atoms with Crippen molar-refractivity contribution < 1.29 is 9.59 Å². The lowest BCUT2D eigenvalue weighted by Crippen LogP contribution is -2.41. The number of nitrogens with zero attached hydrogens (tertiary/aromatic N) is 2. The summed E-state index contributed by atoms with van der Waals surface area (Å²) in [6.07, 6.45) is 2.74. The number of nitrogens with one attached hydrogen (secondary N) is 1. The van der Waals surface area contributed by atoms with Gasteiger partial charge in [-0.05, 0) is 49.2 Å². The van der Waals surface area contributed by atoms with Gasteiger partial charge in [-0.2, -0.15) is 0 Å². The molecule has 3 N–H and O–H groups in total. The molecule has 2 amide bonds. The maximum Gasteiger partial charge on any atom is 0.253 e. The van der Waals surface area contributed by atoms with E-state index in [4.69, 9.17) is 17.3 Å². The van der Waals surface area contributed by atoms with Crippen molar-refractivity contribution in [2.45, 2.75) is 12.8 Å². The summed E-state index contributed by atoms with van der Waals surface area (Å²) in [6.45, 7) is 1.10. The number of hydrogen-bond acceptors (Lipinski definition) is 4. The van der Waals surface area contributed by atoms with Gasteiger partial charge in [0.15, 0.2) is 0 Å². The normalized spacial score (nSPS) is 15.0. The predicted molar refractivity (Wildman–Crippen MR) is 97.4 cm³/mol. The Labute approximate surface area is 151 Å². The van der Waals surface area contributed by atoms with E-state index in [-0.39, 0.29) is 17.7 Å². The maximum absolute atomic E-state index is 12.5. The Bertz CT molecular complexity index is 754. The van der Waals surface area contributed by atoms with E-state index in [0.29, 0.717) is 48.0 Å². The third-order valence-corrected chi connectivity index (χ3v) is 4.51. The average Bonchev–Trinajstić information content (AvgIpc) is 2.64. The molecule has 130 valence electrons. The predicted octanol–water partition coefficient (Wildman–Crippen LogP) is 2.81. The molecule has 6 nitrogen and oxygen atoms in total. The van der Waals surface area contributed by atoms with E-state index in [1.165, 1.54) is 6.20 Å². The maximum atomic E-state index is 12.5. The Balaban J connectivity index is 1.54. The second kappa shape index (κ2) is 7.53. The molecule has 1 fully saturated rings. The summed E-state index contributed by atoms with van der Waals surface area (Å²) in [6, 6.07) is 10.2. The van der Waals surface area contributed by atoms with Crippen LogP contribution in [0.15, 0.2) is 42.6 Å². The van der Waals surface area contributed by atoms with Crippen molar-refractivity contribution >= 4 is 34.9 Å². The molecule has 1 aromatic heterocycles. The zero-order valence-corrected chi connectivity index (χ0v) is 14.4. The van der Waals surface area contributed by atoms with Crippen LogP contribution in [-0.2, 0) is 4.79 Å². The van der Waals surface area contributed by atoms with Crippen LogP contribution in [0.1, 0.15) is 23.2 Å². The van der Waals surface area contributed by atoms with E-state index in [0.717, 1.165) is 0 Å². The van der Waals surface area contributed by atoms with E-state index in [1.54, 1.807) is 41.3 Å². The van der Waals surface area contributed by atoms with Crippen molar-refractivity contribution in [3.05, 3.63) is 53.2 Å². The van der Waals surface area contributed by atoms with E-state index in [2.05, 4.69) is 10.3 Å². The fourth-order valence-corrected chi connectivity index (χ4v) is 2.94. The number of piperidine rings is 1. The van der Waals surface area contributed by atoms with E-state index >= 15 is 0 Å². The van der Waals surface area contributed by atoms with Crippen LogP contribution in [0.5, 0.6) is 0 Å². The topological polar surface area (TPSA) is 88.3 Å². The number of anilines is 2. The quantitative estimate of drug-likeness (QED) is 0.826. The lowest BCUT2D eigenvalue weighted by atomic mass is 9.95. The van der Waals surface area contributed by atoms with E-state index < -0.39 is 0 Å². The van der Waals surface area contributed by atoms with Crippen molar-refractivity contribution in [2.24, 2.45) is 5.92 Å². The Morgan fingerprint density at radius 3 is 2.40 bits per heavy atom. The second-order valence-electron chi connectivity index (χ2n) is 6.04.